The Bertz CT molecular complexity index is 1180. The van der Waals surface area contributed by atoms with Crippen molar-refractivity contribution in [3.05, 3.63) is 63.5 Å². The number of aliphatic hydroxyl groups is 1. The average molecular weight is 513 g/mol. The average Bonchev–Trinajstić information content (AvgIpc) is 3.58. The van der Waals surface area contributed by atoms with Gasteiger partial charge in [0.2, 0.25) is 0 Å². The molecule has 2 fully saturated rings. The zero-order valence-electron chi connectivity index (χ0n) is 21.0. The topological polar surface area (TPSA) is 106 Å². The van der Waals surface area contributed by atoms with Crippen molar-refractivity contribution in [2.45, 2.75) is 57.3 Å². The number of carbonyl (C=O) groups excluding carboxylic acids is 2. The minimum Gasteiger partial charge on any atom is -0.492 e. The number of hydrogen-bond acceptors (Lipinski definition) is 6. The Balaban J connectivity index is 1.33. The molecule has 8 nitrogen and oxygen atoms in total. The van der Waals surface area contributed by atoms with Crippen LogP contribution in [-0.4, -0.2) is 68.1 Å². The number of rotatable bonds is 7. The highest BCUT2D eigenvalue weighted by Gasteiger charge is 2.30. The first kappa shape index (κ1) is 25.6. The normalized spacial score (nSPS) is 22.8. The lowest BCUT2D eigenvalue weighted by molar-refractivity contribution is -0.0261. The van der Waals surface area contributed by atoms with E-state index >= 15 is 0 Å². The van der Waals surface area contributed by atoms with E-state index in [0.29, 0.717) is 62.5 Å². The van der Waals surface area contributed by atoms with Crippen LogP contribution in [0.3, 0.4) is 0 Å². The SMILES string of the molecule is Cc1c(Cc2ccc(C(=O)NC[C@@H]3CCCO3)c(F)c2)cc(C(=O)N[C@H]2CCOC[C@@H]2O)c2c1CCO2. The number of amides is 2. The van der Waals surface area contributed by atoms with E-state index in [1.807, 2.05) is 6.92 Å². The minimum atomic E-state index is -0.763. The molecule has 3 aliphatic heterocycles. The Labute approximate surface area is 215 Å². The summed E-state index contributed by atoms with van der Waals surface area (Å²) >= 11 is 0. The van der Waals surface area contributed by atoms with Crippen molar-refractivity contribution in [2.24, 2.45) is 0 Å². The molecule has 0 aliphatic carbocycles. The maximum absolute atomic E-state index is 14.9. The lowest BCUT2D eigenvalue weighted by Gasteiger charge is -2.28. The molecule has 0 radical (unpaired) electrons. The van der Waals surface area contributed by atoms with Crippen LogP contribution in [0.2, 0.25) is 0 Å². The summed E-state index contributed by atoms with van der Waals surface area (Å²) in [5.74, 6) is -0.782. The quantitative estimate of drug-likeness (QED) is 0.526. The highest BCUT2D eigenvalue weighted by Crippen LogP contribution is 2.35. The summed E-state index contributed by atoms with van der Waals surface area (Å²) < 4.78 is 31.5. The molecule has 3 N–H and O–H groups in total. The van der Waals surface area contributed by atoms with Crippen molar-refractivity contribution in [3.8, 4) is 5.75 Å². The standard InChI is InChI=1S/C28H33FN2O6/c1-16-18(11-17-4-5-21(23(29)12-17)27(33)30-14-19-3-2-8-36-19)13-22(26-20(16)6-10-37-26)28(34)31-24-7-9-35-15-25(24)32/h4-5,12-13,19,24-25,32H,2-3,6-11,14-15H2,1H3,(H,30,33)(H,31,34)/t19-,24-,25-/m0/s1. The zero-order chi connectivity index (χ0) is 25.9. The molecule has 3 heterocycles. The van der Waals surface area contributed by atoms with E-state index in [4.69, 9.17) is 14.2 Å². The molecule has 0 saturated carbocycles. The summed E-state index contributed by atoms with van der Waals surface area (Å²) in [5.41, 5.74) is 3.97. The van der Waals surface area contributed by atoms with Gasteiger partial charge in [0.15, 0.2) is 0 Å². The van der Waals surface area contributed by atoms with Crippen molar-refractivity contribution < 1.29 is 33.3 Å². The molecule has 2 aromatic carbocycles. The Morgan fingerprint density at radius 2 is 1.97 bits per heavy atom. The van der Waals surface area contributed by atoms with E-state index in [1.54, 1.807) is 12.1 Å². The molecule has 0 spiro atoms. The predicted octanol–water partition coefficient (Wildman–Crippen LogP) is 2.45. The molecule has 37 heavy (non-hydrogen) atoms. The highest BCUT2D eigenvalue weighted by atomic mass is 19.1. The molecular formula is C28H33FN2O6. The van der Waals surface area contributed by atoms with Crippen LogP contribution >= 0.6 is 0 Å². The van der Waals surface area contributed by atoms with Crippen LogP contribution in [0.4, 0.5) is 4.39 Å². The van der Waals surface area contributed by atoms with E-state index in [0.717, 1.165) is 29.5 Å². The summed E-state index contributed by atoms with van der Waals surface area (Å²) in [6.45, 7) is 4.20. The largest absolute Gasteiger partial charge is 0.492 e. The van der Waals surface area contributed by atoms with Gasteiger partial charge in [-0.3, -0.25) is 9.59 Å². The lowest BCUT2D eigenvalue weighted by atomic mass is 9.91. The highest BCUT2D eigenvalue weighted by molar-refractivity contribution is 5.98. The molecule has 2 aromatic rings. The fraction of sp³-hybridized carbons (Fsp3) is 0.500. The van der Waals surface area contributed by atoms with Crippen molar-refractivity contribution in [1.29, 1.82) is 0 Å². The number of carbonyl (C=O) groups is 2. The number of benzene rings is 2. The van der Waals surface area contributed by atoms with Gasteiger partial charge in [-0.25, -0.2) is 4.39 Å². The van der Waals surface area contributed by atoms with Gasteiger partial charge in [0, 0.05) is 31.7 Å². The Morgan fingerprint density at radius 3 is 2.73 bits per heavy atom. The van der Waals surface area contributed by atoms with E-state index in [2.05, 4.69) is 10.6 Å². The molecule has 0 aromatic heterocycles. The first-order chi connectivity index (χ1) is 17.9. The molecule has 9 heteroatoms. The summed E-state index contributed by atoms with van der Waals surface area (Å²) in [7, 11) is 0. The monoisotopic (exact) mass is 512 g/mol. The minimum absolute atomic E-state index is 0.00379. The third-order valence-electron chi connectivity index (χ3n) is 7.44. The molecular weight excluding hydrogens is 479 g/mol. The van der Waals surface area contributed by atoms with Crippen LogP contribution < -0.4 is 15.4 Å². The molecule has 3 atom stereocenters. The van der Waals surface area contributed by atoms with Crippen molar-refractivity contribution in [3.63, 3.8) is 0 Å². The van der Waals surface area contributed by atoms with Crippen LogP contribution in [0, 0.1) is 12.7 Å². The summed E-state index contributed by atoms with van der Waals surface area (Å²) in [5, 5.41) is 15.9. The third kappa shape index (κ3) is 5.63. The first-order valence-electron chi connectivity index (χ1n) is 12.9. The first-order valence-corrected chi connectivity index (χ1v) is 12.9. The Hall–Kier alpha value is -3.01. The second-order valence-corrected chi connectivity index (χ2v) is 9.96. The lowest BCUT2D eigenvalue weighted by Crippen LogP contribution is -2.48. The molecule has 2 saturated heterocycles. The fourth-order valence-corrected chi connectivity index (χ4v) is 5.27. The molecule has 0 unspecified atom stereocenters. The van der Waals surface area contributed by atoms with Gasteiger partial charge in [0.1, 0.15) is 11.6 Å². The van der Waals surface area contributed by atoms with E-state index in [-0.39, 0.29) is 24.2 Å². The van der Waals surface area contributed by atoms with Gasteiger partial charge < -0.3 is 30.0 Å². The van der Waals surface area contributed by atoms with Crippen molar-refractivity contribution >= 4 is 11.8 Å². The maximum Gasteiger partial charge on any atom is 0.255 e. The number of halogens is 1. The predicted molar refractivity (Wildman–Crippen MR) is 134 cm³/mol. The second kappa shape index (κ2) is 11.2. The van der Waals surface area contributed by atoms with Gasteiger partial charge in [0.05, 0.1) is 42.6 Å². The van der Waals surface area contributed by atoms with Gasteiger partial charge >= 0.3 is 0 Å². The second-order valence-electron chi connectivity index (χ2n) is 9.96. The maximum atomic E-state index is 14.9. The van der Waals surface area contributed by atoms with Gasteiger partial charge in [-0.05, 0) is 67.5 Å². The van der Waals surface area contributed by atoms with Crippen LogP contribution in [-0.2, 0) is 22.3 Å². The smallest absolute Gasteiger partial charge is 0.255 e. The molecule has 198 valence electrons. The van der Waals surface area contributed by atoms with Gasteiger partial charge in [-0.2, -0.15) is 0 Å². The van der Waals surface area contributed by atoms with Gasteiger partial charge in [0.25, 0.3) is 11.8 Å². The molecule has 2 amide bonds. The molecule has 0 bridgehead atoms. The number of hydrogen-bond donors (Lipinski definition) is 3. The summed E-state index contributed by atoms with van der Waals surface area (Å²) in [4.78, 5) is 25.7. The fourth-order valence-electron chi connectivity index (χ4n) is 5.27. The number of ether oxygens (including phenoxy) is 3. The van der Waals surface area contributed by atoms with Crippen LogP contribution in [0.15, 0.2) is 24.3 Å². The van der Waals surface area contributed by atoms with E-state index in [9.17, 15) is 19.1 Å². The van der Waals surface area contributed by atoms with E-state index in [1.165, 1.54) is 12.1 Å². The van der Waals surface area contributed by atoms with Crippen LogP contribution in [0.25, 0.3) is 0 Å². The number of aliphatic hydroxyl groups excluding tert-OH is 1. The Kier molecular flexibility index (Phi) is 7.73. The van der Waals surface area contributed by atoms with Crippen molar-refractivity contribution in [2.75, 3.05) is 33.0 Å². The molecule has 3 aliphatic rings. The van der Waals surface area contributed by atoms with Gasteiger partial charge in [-0.15, -0.1) is 0 Å². The van der Waals surface area contributed by atoms with Crippen molar-refractivity contribution in [1.82, 2.24) is 10.6 Å². The van der Waals surface area contributed by atoms with Crippen LogP contribution in [0.5, 0.6) is 5.75 Å². The zero-order valence-corrected chi connectivity index (χ0v) is 21.0. The summed E-state index contributed by atoms with van der Waals surface area (Å²) in [6, 6.07) is 6.02. The summed E-state index contributed by atoms with van der Waals surface area (Å²) in [6.07, 6.45) is 2.70. The van der Waals surface area contributed by atoms with Crippen LogP contribution in [0.1, 0.15) is 62.2 Å². The third-order valence-corrected chi connectivity index (χ3v) is 7.44. The number of fused-ring (bicyclic) bond motifs is 1. The van der Waals surface area contributed by atoms with Gasteiger partial charge in [-0.1, -0.05) is 6.07 Å². The molecule has 5 rings (SSSR count). The number of nitrogens with one attached hydrogen (secondary N) is 2. The Morgan fingerprint density at radius 1 is 1.11 bits per heavy atom. The van der Waals surface area contributed by atoms with E-state index < -0.39 is 23.9 Å².